The van der Waals surface area contributed by atoms with Gasteiger partial charge >= 0.3 is 0 Å². The van der Waals surface area contributed by atoms with Gasteiger partial charge in [0.25, 0.3) is 5.91 Å². The second-order valence-electron chi connectivity index (χ2n) is 4.64. The molecule has 0 radical (unpaired) electrons. The van der Waals surface area contributed by atoms with E-state index in [0.717, 1.165) is 5.69 Å². The molecule has 0 saturated heterocycles. The maximum Gasteiger partial charge on any atom is 0.265 e. The average molecular weight is 309 g/mol. The number of amides is 1. The summed E-state index contributed by atoms with van der Waals surface area (Å²) in [5, 5.41) is 0.421. The fraction of sp³-hybridized carbons (Fsp3) is 0. The lowest BCUT2D eigenvalue weighted by atomic mass is 10.1. The van der Waals surface area contributed by atoms with Crippen molar-refractivity contribution in [1.29, 1.82) is 0 Å². The fourth-order valence-electron chi connectivity index (χ4n) is 2.17. The Balaban J connectivity index is 2.11. The molecule has 22 heavy (non-hydrogen) atoms. The van der Waals surface area contributed by atoms with Gasteiger partial charge in [-0.3, -0.25) is 9.69 Å². The average Bonchev–Trinajstić information content (AvgIpc) is 2.57. The molecule has 2 aromatic carbocycles. The molecule has 4 heteroatoms. The number of nitrogens with zero attached hydrogens (tertiary/aromatic N) is 2. The van der Waals surface area contributed by atoms with Crippen LogP contribution in [0.25, 0.3) is 0 Å². The van der Waals surface area contributed by atoms with Crippen LogP contribution in [0, 0.1) is 0 Å². The van der Waals surface area contributed by atoms with Crippen molar-refractivity contribution in [2.45, 2.75) is 0 Å². The lowest BCUT2D eigenvalue weighted by Gasteiger charge is -2.22. The van der Waals surface area contributed by atoms with Crippen molar-refractivity contribution in [3.05, 3.63) is 89.6 Å². The number of carbonyl (C=O) groups is 1. The summed E-state index contributed by atoms with van der Waals surface area (Å²) < 4.78 is 0. The van der Waals surface area contributed by atoms with Gasteiger partial charge in [0.05, 0.1) is 16.3 Å². The Hall–Kier alpha value is -2.65. The molecule has 3 aromatic rings. The van der Waals surface area contributed by atoms with E-state index in [1.54, 1.807) is 41.4 Å². The lowest BCUT2D eigenvalue weighted by Crippen LogP contribution is -2.27. The van der Waals surface area contributed by atoms with Crippen LogP contribution >= 0.6 is 11.6 Å². The van der Waals surface area contributed by atoms with Crippen molar-refractivity contribution in [1.82, 2.24) is 4.98 Å². The standard InChI is InChI=1S/C18H13ClN2O/c19-16-11-5-4-10-15(16)18(22)21(14-8-2-1-3-9-14)17-12-6-7-13-20-17/h1-13H. The molecule has 3 nitrogen and oxygen atoms in total. The van der Waals surface area contributed by atoms with Crippen LogP contribution in [0.1, 0.15) is 10.4 Å². The van der Waals surface area contributed by atoms with Crippen LogP contribution in [0.5, 0.6) is 0 Å². The molecule has 0 unspecified atom stereocenters. The van der Waals surface area contributed by atoms with Crippen LogP contribution in [0.4, 0.5) is 11.5 Å². The van der Waals surface area contributed by atoms with Gasteiger partial charge < -0.3 is 0 Å². The molecular formula is C18H13ClN2O. The van der Waals surface area contributed by atoms with E-state index < -0.39 is 0 Å². The molecule has 0 saturated carbocycles. The summed E-state index contributed by atoms with van der Waals surface area (Å²) in [4.78, 5) is 18.8. The molecule has 0 aliphatic rings. The molecule has 0 N–H and O–H groups in total. The zero-order chi connectivity index (χ0) is 15.4. The minimum atomic E-state index is -0.212. The van der Waals surface area contributed by atoms with E-state index >= 15 is 0 Å². The molecule has 0 bridgehead atoms. The van der Waals surface area contributed by atoms with Crippen LogP contribution in [0.2, 0.25) is 5.02 Å². The van der Waals surface area contributed by atoms with Gasteiger partial charge in [-0.05, 0) is 36.4 Å². The molecule has 0 atom stereocenters. The van der Waals surface area contributed by atoms with Crippen molar-refractivity contribution in [3.8, 4) is 0 Å². The monoisotopic (exact) mass is 308 g/mol. The number of carbonyl (C=O) groups excluding carboxylic acids is 1. The molecule has 108 valence electrons. The van der Waals surface area contributed by atoms with Crippen molar-refractivity contribution < 1.29 is 4.79 Å². The van der Waals surface area contributed by atoms with E-state index in [4.69, 9.17) is 11.6 Å². The number of rotatable bonds is 3. The Morgan fingerprint density at radius 1 is 0.864 bits per heavy atom. The van der Waals surface area contributed by atoms with E-state index in [9.17, 15) is 4.79 Å². The third kappa shape index (κ3) is 2.85. The highest BCUT2D eigenvalue weighted by molar-refractivity contribution is 6.34. The van der Waals surface area contributed by atoms with Crippen molar-refractivity contribution >= 4 is 29.0 Å². The predicted octanol–water partition coefficient (Wildman–Crippen LogP) is 4.71. The third-order valence-electron chi connectivity index (χ3n) is 3.20. The summed E-state index contributed by atoms with van der Waals surface area (Å²) in [5.41, 5.74) is 1.18. The number of benzene rings is 2. The van der Waals surface area contributed by atoms with Crippen molar-refractivity contribution in [2.75, 3.05) is 4.90 Å². The number of aromatic nitrogens is 1. The molecule has 3 rings (SSSR count). The minimum Gasteiger partial charge on any atom is -0.268 e. The quantitative estimate of drug-likeness (QED) is 0.702. The van der Waals surface area contributed by atoms with Crippen LogP contribution in [0.15, 0.2) is 79.0 Å². The first-order valence-electron chi connectivity index (χ1n) is 6.82. The normalized spacial score (nSPS) is 10.2. The highest BCUT2D eigenvalue weighted by Crippen LogP contribution is 2.27. The molecule has 1 heterocycles. The number of halogens is 1. The predicted molar refractivity (Wildman–Crippen MR) is 88.6 cm³/mol. The summed E-state index contributed by atoms with van der Waals surface area (Å²) in [6.45, 7) is 0. The SMILES string of the molecule is O=C(c1ccccc1Cl)N(c1ccccc1)c1ccccn1. The van der Waals surface area contributed by atoms with Gasteiger partial charge in [0.15, 0.2) is 0 Å². The number of hydrogen-bond donors (Lipinski definition) is 0. The molecular weight excluding hydrogens is 296 g/mol. The topological polar surface area (TPSA) is 33.2 Å². The second kappa shape index (κ2) is 6.41. The maximum absolute atomic E-state index is 13.0. The Labute approximate surface area is 133 Å². The summed E-state index contributed by atoms with van der Waals surface area (Å²) in [6.07, 6.45) is 1.66. The fourth-order valence-corrected chi connectivity index (χ4v) is 2.39. The van der Waals surface area contributed by atoms with Gasteiger partial charge in [0.2, 0.25) is 0 Å². The first-order chi connectivity index (χ1) is 10.8. The second-order valence-corrected chi connectivity index (χ2v) is 5.05. The Kier molecular flexibility index (Phi) is 4.17. The molecule has 1 amide bonds. The van der Waals surface area contributed by atoms with E-state index in [0.29, 0.717) is 16.4 Å². The van der Waals surface area contributed by atoms with E-state index in [1.165, 1.54) is 0 Å². The largest absolute Gasteiger partial charge is 0.268 e. The summed E-state index contributed by atoms with van der Waals surface area (Å²) in [7, 11) is 0. The van der Waals surface area contributed by atoms with Crippen LogP contribution < -0.4 is 4.90 Å². The molecule has 1 aromatic heterocycles. The van der Waals surface area contributed by atoms with Gasteiger partial charge in [-0.15, -0.1) is 0 Å². The summed E-state index contributed by atoms with van der Waals surface area (Å²) in [6, 6.07) is 21.9. The Bertz CT molecular complexity index is 736. The Morgan fingerprint density at radius 3 is 2.23 bits per heavy atom. The molecule has 0 aliphatic heterocycles. The maximum atomic E-state index is 13.0. The van der Waals surface area contributed by atoms with Gasteiger partial charge in [-0.2, -0.15) is 0 Å². The first kappa shape index (κ1) is 14.3. The van der Waals surface area contributed by atoms with Crippen molar-refractivity contribution in [2.24, 2.45) is 0 Å². The lowest BCUT2D eigenvalue weighted by molar-refractivity contribution is 0.0999. The molecule has 0 spiro atoms. The molecule has 0 aliphatic carbocycles. The zero-order valence-corrected chi connectivity index (χ0v) is 12.4. The third-order valence-corrected chi connectivity index (χ3v) is 3.53. The van der Waals surface area contributed by atoms with Crippen LogP contribution in [-0.4, -0.2) is 10.9 Å². The first-order valence-corrected chi connectivity index (χ1v) is 7.20. The van der Waals surface area contributed by atoms with Gasteiger partial charge in [0, 0.05) is 6.20 Å². The summed E-state index contributed by atoms with van der Waals surface area (Å²) >= 11 is 6.17. The van der Waals surface area contributed by atoms with E-state index in [1.807, 2.05) is 42.5 Å². The minimum absolute atomic E-state index is 0.212. The highest BCUT2D eigenvalue weighted by atomic mass is 35.5. The van der Waals surface area contributed by atoms with Gasteiger partial charge in [0.1, 0.15) is 5.82 Å². The number of anilines is 2. The molecule has 0 fully saturated rings. The number of pyridine rings is 1. The highest BCUT2D eigenvalue weighted by Gasteiger charge is 2.22. The van der Waals surface area contributed by atoms with Crippen LogP contribution in [-0.2, 0) is 0 Å². The Morgan fingerprint density at radius 2 is 1.55 bits per heavy atom. The smallest absolute Gasteiger partial charge is 0.265 e. The number of para-hydroxylation sites is 1. The zero-order valence-electron chi connectivity index (χ0n) is 11.7. The van der Waals surface area contributed by atoms with Gasteiger partial charge in [-0.1, -0.05) is 48.0 Å². The van der Waals surface area contributed by atoms with Crippen molar-refractivity contribution in [3.63, 3.8) is 0 Å². The summed E-state index contributed by atoms with van der Waals surface area (Å²) in [5.74, 6) is 0.342. The van der Waals surface area contributed by atoms with Gasteiger partial charge in [-0.25, -0.2) is 4.98 Å². The van der Waals surface area contributed by atoms with E-state index in [2.05, 4.69) is 4.98 Å². The number of hydrogen-bond acceptors (Lipinski definition) is 2. The van der Waals surface area contributed by atoms with E-state index in [-0.39, 0.29) is 5.91 Å². The van der Waals surface area contributed by atoms with Crippen LogP contribution in [0.3, 0.4) is 0 Å².